The van der Waals surface area contributed by atoms with E-state index in [1.54, 1.807) is 24.3 Å². The molecule has 2 rings (SSSR count). The number of amides is 1. The molecule has 0 atom stereocenters. The average Bonchev–Trinajstić information content (AvgIpc) is 2.63. The van der Waals surface area contributed by atoms with Crippen molar-refractivity contribution in [3.05, 3.63) is 52.0 Å². The largest absolute Gasteiger partial charge is 0.493 e. The van der Waals surface area contributed by atoms with Gasteiger partial charge in [0.1, 0.15) is 0 Å². The predicted molar refractivity (Wildman–Crippen MR) is 107 cm³/mol. The van der Waals surface area contributed by atoms with Crippen LogP contribution in [-0.2, 0) is 4.79 Å². The fraction of sp³-hybridized carbons (Fsp3) is 0.222. The quantitative estimate of drug-likeness (QED) is 0.389. The number of hydrogen-bond acceptors (Lipinski definition) is 5. The minimum atomic E-state index is -0.217. The molecule has 8 heteroatoms. The first-order valence-electron chi connectivity index (χ1n) is 7.74. The van der Waals surface area contributed by atoms with Crippen molar-refractivity contribution in [3.8, 4) is 11.5 Å². The first-order chi connectivity index (χ1) is 12.5. The molecule has 0 heterocycles. The van der Waals surface area contributed by atoms with E-state index in [2.05, 4.69) is 10.5 Å². The molecule has 0 aliphatic rings. The minimum absolute atomic E-state index is 0.217. The summed E-state index contributed by atoms with van der Waals surface area (Å²) in [5.41, 5.74) is 3.16. The summed E-state index contributed by atoms with van der Waals surface area (Å²) in [4.78, 5) is 12.8. The van der Waals surface area contributed by atoms with E-state index in [0.29, 0.717) is 33.7 Å². The van der Waals surface area contributed by atoms with Gasteiger partial charge in [0.15, 0.2) is 11.5 Å². The van der Waals surface area contributed by atoms with E-state index in [0.717, 1.165) is 4.90 Å². The number of hydrazone groups is 1. The fourth-order valence-corrected chi connectivity index (χ4v) is 3.08. The maximum absolute atomic E-state index is 11.9. The van der Waals surface area contributed by atoms with Crippen molar-refractivity contribution in [1.82, 2.24) is 5.43 Å². The highest BCUT2D eigenvalue weighted by atomic mass is 35.5. The topological polar surface area (TPSA) is 59.9 Å². The van der Waals surface area contributed by atoms with E-state index in [1.807, 2.05) is 19.1 Å². The zero-order valence-electron chi connectivity index (χ0n) is 14.3. The summed E-state index contributed by atoms with van der Waals surface area (Å²) in [6.45, 7) is 2.34. The zero-order chi connectivity index (χ0) is 18.9. The van der Waals surface area contributed by atoms with Gasteiger partial charge in [-0.25, -0.2) is 5.43 Å². The molecule has 26 heavy (non-hydrogen) atoms. The summed E-state index contributed by atoms with van der Waals surface area (Å²) in [6, 6.07) is 10.7. The molecule has 1 N–H and O–H groups in total. The second-order valence-electron chi connectivity index (χ2n) is 5.00. The molecule has 138 valence electrons. The summed E-state index contributed by atoms with van der Waals surface area (Å²) in [6.07, 6.45) is 1.50. The van der Waals surface area contributed by atoms with Gasteiger partial charge in [0.05, 0.1) is 30.7 Å². The fourth-order valence-electron chi connectivity index (χ4n) is 1.99. The van der Waals surface area contributed by atoms with E-state index in [9.17, 15) is 4.79 Å². The number of nitrogens with one attached hydrogen (secondary N) is 1. The first kappa shape index (κ1) is 20.4. The molecular formula is C18H18Cl2N2O3S. The molecule has 5 nitrogen and oxygen atoms in total. The van der Waals surface area contributed by atoms with Gasteiger partial charge in [-0.2, -0.15) is 5.10 Å². The Morgan fingerprint density at radius 1 is 1.27 bits per heavy atom. The van der Waals surface area contributed by atoms with Gasteiger partial charge in [0.2, 0.25) is 5.91 Å². The van der Waals surface area contributed by atoms with Crippen LogP contribution in [0.1, 0.15) is 12.5 Å². The summed E-state index contributed by atoms with van der Waals surface area (Å²) in [5.74, 6) is 1.01. The van der Waals surface area contributed by atoms with Crippen molar-refractivity contribution in [3.63, 3.8) is 0 Å². The van der Waals surface area contributed by atoms with Gasteiger partial charge in [0, 0.05) is 9.92 Å². The maximum Gasteiger partial charge on any atom is 0.250 e. The molecule has 0 saturated heterocycles. The number of halogens is 2. The van der Waals surface area contributed by atoms with Gasteiger partial charge in [-0.15, -0.1) is 11.8 Å². The summed E-state index contributed by atoms with van der Waals surface area (Å²) in [7, 11) is 1.53. The number of nitrogens with zero attached hydrogens (tertiary/aromatic N) is 1. The van der Waals surface area contributed by atoms with Gasteiger partial charge in [-0.3, -0.25) is 4.79 Å². The van der Waals surface area contributed by atoms with Crippen molar-refractivity contribution in [2.24, 2.45) is 5.10 Å². The number of methoxy groups -OCH3 is 1. The van der Waals surface area contributed by atoms with Crippen LogP contribution < -0.4 is 14.9 Å². The lowest BCUT2D eigenvalue weighted by molar-refractivity contribution is -0.118. The van der Waals surface area contributed by atoms with Crippen molar-refractivity contribution in [2.45, 2.75) is 11.8 Å². The third kappa shape index (κ3) is 6.12. The smallest absolute Gasteiger partial charge is 0.250 e. The van der Waals surface area contributed by atoms with Gasteiger partial charge in [-0.05, 0) is 48.9 Å². The second-order valence-corrected chi connectivity index (χ2v) is 6.90. The van der Waals surface area contributed by atoms with Crippen LogP contribution in [0, 0.1) is 0 Å². The Morgan fingerprint density at radius 3 is 2.65 bits per heavy atom. The van der Waals surface area contributed by atoms with Crippen LogP contribution in [0.5, 0.6) is 11.5 Å². The van der Waals surface area contributed by atoms with Crippen molar-refractivity contribution in [1.29, 1.82) is 0 Å². The average molecular weight is 413 g/mol. The molecule has 0 radical (unpaired) electrons. The van der Waals surface area contributed by atoms with Crippen LogP contribution in [0.15, 0.2) is 46.4 Å². The molecule has 0 saturated carbocycles. The molecule has 0 aliphatic heterocycles. The standard InChI is InChI=1S/C18H18Cl2N2O3S/c1-3-25-18-15(20)8-12(9-16(18)24-2)10-21-22-17(23)11-26-14-6-4-13(19)5-7-14/h4-10H,3,11H2,1-2H3,(H,22,23)/b21-10-. The normalized spacial score (nSPS) is 10.8. The van der Waals surface area contributed by atoms with Crippen molar-refractivity contribution >= 4 is 47.1 Å². The predicted octanol–water partition coefficient (Wildman–Crippen LogP) is 4.64. The van der Waals surface area contributed by atoms with E-state index < -0.39 is 0 Å². The second kappa shape index (κ2) is 10.3. The van der Waals surface area contributed by atoms with Crippen LogP contribution in [-0.4, -0.2) is 31.6 Å². The highest BCUT2D eigenvalue weighted by molar-refractivity contribution is 8.00. The van der Waals surface area contributed by atoms with Crippen LogP contribution in [0.2, 0.25) is 10.0 Å². The van der Waals surface area contributed by atoms with Crippen molar-refractivity contribution in [2.75, 3.05) is 19.5 Å². The van der Waals surface area contributed by atoms with Gasteiger partial charge >= 0.3 is 0 Å². The Morgan fingerprint density at radius 2 is 2.00 bits per heavy atom. The van der Waals surface area contributed by atoms with Crippen LogP contribution >= 0.6 is 35.0 Å². The third-order valence-electron chi connectivity index (χ3n) is 3.13. The van der Waals surface area contributed by atoms with Crippen LogP contribution in [0.3, 0.4) is 0 Å². The molecule has 0 spiro atoms. The highest BCUT2D eigenvalue weighted by Crippen LogP contribution is 2.35. The molecule has 0 aromatic heterocycles. The zero-order valence-corrected chi connectivity index (χ0v) is 16.6. The number of ether oxygens (including phenoxy) is 2. The van der Waals surface area contributed by atoms with Crippen molar-refractivity contribution < 1.29 is 14.3 Å². The van der Waals surface area contributed by atoms with E-state index in [4.69, 9.17) is 32.7 Å². The Labute approximate surface area is 166 Å². The van der Waals surface area contributed by atoms with Crippen LogP contribution in [0.4, 0.5) is 0 Å². The van der Waals surface area contributed by atoms with E-state index in [-0.39, 0.29) is 11.7 Å². The molecule has 0 unspecified atom stereocenters. The Balaban J connectivity index is 1.91. The molecule has 1 amide bonds. The number of rotatable bonds is 8. The lowest BCUT2D eigenvalue weighted by Crippen LogP contribution is -2.19. The van der Waals surface area contributed by atoms with Gasteiger partial charge in [0.25, 0.3) is 0 Å². The minimum Gasteiger partial charge on any atom is -0.493 e. The molecule has 0 bridgehead atoms. The first-order valence-corrected chi connectivity index (χ1v) is 9.48. The Hall–Kier alpha value is -1.89. The summed E-state index contributed by atoms with van der Waals surface area (Å²) >= 11 is 13.4. The number of carbonyl (C=O) groups excluding carboxylic acids is 1. The lowest BCUT2D eigenvalue weighted by Gasteiger charge is -2.11. The maximum atomic E-state index is 11.9. The number of hydrogen-bond donors (Lipinski definition) is 1. The van der Waals surface area contributed by atoms with Gasteiger partial charge in [-0.1, -0.05) is 23.2 Å². The third-order valence-corrected chi connectivity index (χ3v) is 4.67. The SMILES string of the molecule is CCOc1c(Cl)cc(/C=N\NC(=O)CSc2ccc(Cl)cc2)cc1OC. The summed E-state index contributed by atoms with van der Waals surface area (Å²) in [5, 5.41) is 5.02. The van der Waals surface area contributed by atoms with E-state index >= 15 is 0 Å². The van der Waals surface area contributed by atoms with E-state index in [1.165, 1.54) is 25.1 Å². The molecule has 2 aromatic carbocycles. The molecule has 0 aliphatic carbocycles. The Kier molecular flexibility index (Phi) is 8.09. The number of benzene rings is 2. The van der Waals surface area contributed by atoms with Crippen LogP contribution in [0.25, 0.3) is 0 Å². The van der Waals surface area contributed by atoms with Gasteiger partial charge < -0.3 is 9.47 Å². The summed E-state index contributed by atoms with van der Waals surface area (Å²) < 4.78 is 10.7. The number of carbonyl (C=O) groups is 1. The molecule has 0 fully saturated rings. The monoisotopic (exact) mass is 412 g/mol. The highest BCUT2D eigenvalue weighted by Gasteiger charge is 2.11. The molecular weight excluding hydrogens is 395 g/mol. The molecule has 2 aromatic rings. The Bertz CT molecular complexity index is 783. The lowest BCUT2D eigenvalue weighted by atomic mass is 10.2. The number of thioether (sulfide) groups is 1.